The molecule has 0 aromatic heterocycles. The third-order valence-electron chi connectivity index (χ3n) is 3.65. The van der Waals surface area contributed by atoms with E-state index in [0.29, 0.717) is 0 Å². The van der Waals surface area contributed by atoms with Crippen molar-refractivity contribution in [2.24, 2.45) is 0 Å². The SMILES string of the molecule is COc1cccc([C@H](C)NCc2ccc(OC)c(OC)c2)c1. The number of rotatable bonds is 7. The molecule has 0 aliphatic rings. The first-order valence-electron chi connectivity index (χ1n) is 7.26. The maximum atomic E-state index is 5.33. The number of nitrogens with one attached hydrogen (secondary N) is 1. The van der Waals surface area contributed by atoms with Crippen molar-refractivity contribution in [3.63, 3.8) is 0 Å². The van der Waals surface area contributed by atoms with E-state index < -0.39 is 0 Å². The number of ether oxygens (including phenoxy) is 3. The van der Waals surface area contributed by atoms with E-state index in [1.165, 1.54) is 5.56 Å². The number of benzene rings is 2. The smallest absolute Gasteiger partial charge is 0.161 e. The Morgan fingerprint density at radius 1 is 0.909 bits per heavy atom. The molecule has 0 bridgehead atoms. The van der Waals surface area contributed by atoms with Gasteiger partial charge in [-0.25, -0.2) is 0 Å². The average molecular weight is 301 g/mol. The van der Waals surface area contributed by atoms with E-state index in [1.807, 2.05) is 36.4 Å². The van der Waals surface area contributed by atoms with Gasteiger partial charge < -0.3 is 19.5 Å². The van der Waals surface area contributed by atoms with Crippen molar-refractivity contribution < 1.29 is 14.2 Å². The summed E-state index contributed by atoms with van der Waals surface area (Å²) in [6.07, 6.45) is 0. The van der Waals surface area contributed by atoms with Crippen molar-refractivity contribution in [1.82, 2.24) is 5.32 Å². The second-order valence-electron chi connectivity index (χ2n) is 5.07. The van der Waals surface area contributed by atoms with Crippen LogP contribution in [0, 0.1) is 0 Å². The van der Waals surface area contributed by atoms with E-state index in [9.17, 15) is 0 Å². The van der Waals surface area contributed by atoms with Gasteiger partial charge in [0.1, 0.15) is 5.75 Å². The molecule has 0 unspecified atom stereocenters. The van der Waals surface area contributed by atoms with E-state index in [2.05, 4.69) is 18.3 Å². The zero-order valence-electron chi connectivity index (χ0n) is 13.6. The van der Waals surface area contributed by atoms with Gasteiger partial charge in [-0.1, -0.05) is 18.2 Å². The third-order valence-corrected chi connectivity index (χ3v) is 3.65. The number of methoxy groups -OCH3 is 3. The summed E-state index contributed by atoms with van der Waals surface area (Å²) in [6.45, 7) is 2.88. The number of hydrogen-bond donors (Lipinski definition) is 1. The van der Waals surface area contributed by atoms with E-state index >= 15 is 0 Å². The highest BCUT2D eigenvalue weighted by atomic mass is 16.5. The molecule has 4 heteroatoms. The van der Waals surface area contributed by atoms with Crippen LogP contribution in [0.15, 0.2) is 42.5 Å². The Bertz CT molecular complexity index is 613. The molecular weight excluding hydrogens is 278 g/mol. The quantitative estimate of drug-likeness (QED) is 0.849. The first kappa shape index (κ1) is 16.2. The molecule has 0 saturated carbocycles. The van der Waals surface area contributed by atoms with Crippen molar-refractivity contribution in [2.45, 2.75) is 19.5 Å². The largest absolute Gasteiger partial charge is 0.497 e. The van der Waals surface area contributed by atoms with E-state index in [1.54, 1.807) is 21.3 Å². The van der Waals surface area contributed by atoms with Crippen LogP contribution in [0.4, 0.5) is 0 Å². The predicted molar refractivity (Wildman–Crippen MR) is 87.8 cm³/mol. The predicted octanol–water partition coefficient (Wildman–Crippen LogP) is 3.56. The second-order valence-corrected chi connectivity index (χ2v) is 5.07. The standard InChI is InChI=1S/C18H23NO3/c1-13(15-6-5-7-16(11-15)20-2)19-12-14-8-9-17(21-3)18(10-14)22-4/h5-11,13,19H,12H2,1-4H3/t13-/m0/s1. The molecule has 118 valence electrons. The molecule has 0 aliphatic carbocycles. The Hall–Kier alpha value is -2.20. The Labute approximate surface area is 132 Å². The molecule has 4 nitrogen and oxygen atoms in total. The molecule has 0 saturated heterocycles. The van der Waals surface area contributed by atoms with E-state index in [-0.39, 0.29) is 6.04 Å². The van der Waals surface area contributed by atoms with Gasteiger partial charge in [0.25, 0.3) is 0 Å². The molecule has 0 amide bonds. The Morgan fingerprint density at radius 3 is 2.36 bits per heavy atom. The summed E-state index contributed by atoms with van der Waals surface area (Å²) in [6, 6.07) is 14.3. The monoisotopic (exact) mass is 301 g/mol. The van der Waals surface area contributed by atoms with Gasteiger partial charge in [0.2, 0.25) is 0 Å². The summed E-state index contributed by atoms with van der Waals surface area (Å²) in [5.41, 5.74) is 2.34. The lowest BCUT2D eigenvalue weighted by atomic mass is 10.1. The Balaban J connectivity index is 2.02. The lowest BCUT2D eigenvalue weighted by molar-refractivity contribution is 0.354. The molecule has 1 N–H and O–H groups in total. The summed E-state index contributed by atoms with van der Waals surface area (Å²) in [4.78, 5) is 0. The van der Waals surface area contributed by atoms with Crippen molar-refractivity contribution >= 4 is 0 Å². The van der Waals surface area contributed by atoms with Crippen molar-refractivity contribution in [2.75, 3.05) is 21.3 Å². The minimum Gasteiger partial charge on any atom is -0.497 e. The highest BCUT2D eigenvalue weighted by molar-refractivity contribution is 5.42. The highest BCUT2D eigenvalue weighted by Crippen LogP contribution is 2.28. The van der Waals surface area contributed by atoms with Gasteiger partial charge in [-0.05, 0) is 42.3 Å². The summed E-state index contributed by atoms with van der Waals surface area (Å²) in [5.74, 6) is 2.36. The van der Waals surface area contributed by atoms with Crippen LogP contribution in [0.1, 0.15) is 24.1 Å². The van der Waals surface area contributed by atoms with Gasteiger partial charge in [-0.2, -0.15) is 0 Å². The molecule has 0 fully saturated rings. The maximum absolute atomic E-state index is 5.33. The lowest BCUT2D eigenvalue weighted by Gasteiger charge is -2.16. The summed E-state index contributed by atoms with van der Waals surface area (Å²) in [5, 5.41) is 3.50. The summed E-state index contributed by atoms with van der Waals surface area (Å²) in [7, 11) is 4.97. The zero-order valence-corrected chi connectivity index (χ0v) is 13.6. The highest BCUT2D eigenvalue weighted by Gasteiger charge is 2.08. The van der Waals surface area contributed by atoms with Crippen LogP contribution in [-0.2, 0) is 6.54 Å². The normalized spacial score (nSPS) is 11.8. The molecule has 0 aliphatic heterocycles. The molecule has 22 heavy (non-hydrogen) atoms. The molecule has 2 aromatic carbocycles. The summed E-state index contributed by atoms with van der Waals surface area (Å²) < 4.78 is 15.8. The second kappa shape index (κ2) is 7.71. The van der Waals surface area contributed by atoms with Crippen LogP contribution >= 0.6 is 0 Å². The van der Waals surface area contributed by atoms with Crippen LogP contribution in [0.2, 0.25) is 0 Å². The fourth-order valence-electron chi connectivity index (χ4n) is 2.29. The lowest BCUT2D eigenvalue weighted by Crippen LogP contribution is -2.18. The molecule has 0 radical (unpaired) electrons. The zero-order chi connectivity index (χ0) is 15.9. The topological polar surface area (TPSA) is 39.7 Å². The Morgan fingerprint density at radius 2 is 1.68 bits per heavy atom. The van der Waals surface area contributed by atoms with Crippen LogP contribution in [0.5, 0.6) is 17.2 Å². The summed E-state index contributed by atoms with van der Waals surface area (Å²) >= 11 is 0. The molecule has 2 aromatic rings. The third kappa shape index (κ3) is 3.92. The molecule has 2 rings (SSSR count). The van der Waals surface area contributed by atoms with Gasteiger partial charge >= 0.3 is 0 Å². The molecule has 1 atom stereocenters. The first-order chi connectivity index (χ1) is 10.7. The van der Waals surface area contributed by atoms with Crippen molar-refractivity contribution in [1.29, 1.82) is 0 Å². The average Bonchev–Trinajstić information content (AvgIpc) is 2.59. The van der Waals surface area contributed by atoms with Gasteiger partial charge in [0, 0.05) is 12.6 Å². The van der Waals surface area contributed by atoms with E-state index in [0.717, 1.165) is 29.4 Å². The van der Waals surface area contributed by atoms with Crippen LogP contribution in [-0.4, -0.2) is 21.3 Å². The van der Waals surface area contributed by atoms with Crippen molar-refractivity contribution in [3.8, 4) is 17.2 Å². The van der Waals surface area contributed by atoms with Gasteiger partial charge in [-0.3, -0.25) is 0 Å². The van der Waals surface area contributed by atoms with Crippen LogP contribution < -0.4 is 19.5 Å². The molecule has 0 spiro atoms. The molecule has 0 heterocycles. The number of hydrogen-bond acceptors (Lipinski definition) is 4. The minimum atomic E-state index is 0.225. The van der Waals surface area contributed by atoms with Crippen LogP contribution in [0.25, 0.3) is 0 Å². The molecular formula is C18H23NO3. The fraction of sp³-hybridized carbons (Fsp3) is 0.333. The Kier molecular flexibility index (Phi) is 5.67. The maximum Gasteiger partial charge on any atom is 0.161 e. The van der Waals surface area contributed by atoms with Crippen LogP contribution in [0.3, 0.4) is 0 Å². The van der Waals surface area contributed by atoms with Gasteiger partial charge in [-0.15, -0.1) is 0 Å². The van der Waals surface area contributed by atoms with E-state index in [4.69, 9.17) is 14.2 Å². The first-order valence-corrected chi connectivity index (χ1v) is 7.26. The minimum absolute atomic E-state index is 0.225. The van der Waals surface area contributed by atoms with Gasteiger partial charge in [0.05, 0.1) is 21.3 Å². The van der Waals surface area contributed by atoms with Gasteiger partial charge in [0.15, 0.2) is 11.5 Å². The van der Waals surface area contributed by atoms with Crippen molar-refractivity contribution in [3.05, 3.63) is 53.6 Å². The fourth-order valence-corrected chi connectivity index (χ4v) is 2.29.